The third kappa shape index (κ3) is 9.73. The van der Waals surface area contributed by atoms with Crippen LogP contribution in [0.3, 0.4) is 0 Å². The molecule has 340 valence electrons. The number of aromatic nitrogens is 2. The Morgan fingerprint density at radius 3 is 1.21 bits per heavy atom. The minimum atomic E-state index is -1.13. The predicted molar refractivity (Wildman–Crippen MR) is 251 cm³/mol. The van der Waals surface area contributed by atoms with E-state index in [-0.39, 0.29) is 38.8 Å². The Balaban J connectivity index is 1.12. The highest BCUT2D eigenvalue weighted by Gasteiger charge is 2.42. The van der Waals surface area contributed by atoms with E-state index in [1.54, 1.807) is 0 Å². The molecule has 3 aliphatic rings. The highest BCUT2D eigenvalue weighted by Crippen LogP contribution is 2.26. The van der Waals surface area contributed by atoms with Crippen LogP contribution in [0.4, 0.5) is 0 Å². The van der Waals surface area contributed by atoms with E-state index < -0.39 is 71.7 Å². The first kappa shape index (κ1) is 44.0. The van der Waals surface area contributed by atoms with Crippen LogP contribution < -0.4 is 21.3 Å². The minimum absolute atomic E-state index is 0.104. The van der Waals surface area contributed by atoms with Crippen LogP contribution in [0, 0.1) is 0 Å². The Kier molecular flexibility index (Phi) is 13.3. The smallest absolute Gasteiger partial charge is 0.246 e. The zero-order chi connectivity index (χ0) is 45.6. The molecule has 3 saturated heterocycles. The van der Waals surface area contributed by atoms with E-state index in [2.05, 4.69) is 31.2 Å². The number of piperidine rings is 2. The van der Waals surface area contributed by atoms with Crippen molar-refractivity contribution in [1.82, 2.24) is 41.0 Å². The Morgan fingerprint density at radius 1 is 0.409 bits per heavy atom. The summed E-state index contributed by atoms with van der Waals surface area (Å²) in [5, 5.41) is 13.9. The van der Waals surface area contributed by atoms with Gasteiger partial charge in [0.05, 0.1) is 0 Å². The number of rotatable bonds is 8. The average molecular weight is 889 g/mol. The highest BCUT2D eigenvalue weighted by molar-refractivity contribution is 5.99. The van der Waals surface area contributed by atoms with Gasteiger partial charge in [0.2, 0.25) is 35.4 Å². The Hall–Kier alpha value is -7.22. The molecule has 14 nitrogen and oxygen atoms in total. The molecule has 5 heterocycles. The molecule has 6 amide bonds. The van der Waals surface area contributed by atoms with Crippen LogP contribution in [0.15, 0.2) is 122 Å². The van der Waals surface area contributed by atoms with E-state index >= 15 is 9.59 Å². The number of amides is 6. The van der Waals surface area contributed by atoms with Crippen molar-refractivity contribution in [3.05, 3.63) is 144 Å². The molecule has 0 aliphatic carbocycles. The lowest BCUT2D eigenvalue weighted by Crippen LogP contribution is -2.64. The van der Waals surface area contributed by atoms with E-state index in [9.17, 15) is 19.2 Å². The van der Waals surface area contributed by atoms with Gasteiger partial charge < -0.3 is 41.0 Å². The van der Waals surface area contributed by atoms with Crippen LogP contribution in [-0.4, -0.2) is 105 Å². The molecule has 0 spiro atoms. The van der Waals surface area contributed by atoms with E-state index in [1.807, 2.05) is 122 Å². The second-order valence-corrected chi connectivity index (χ2v) is 17.8. The number of carbonyl (C=O) groups is 6. The molecule has 6 atom stereocenters. The SMILES string of the molecule is O=C1N[C@@H](Cc2c[nH]c3ccccc23)C(=O)N2CCCC[C@H]2C(=O)N[C@@H](Cc2ccccc2)C(=O)N[C@@H](Cc2c[nH]c3ccccc23)C(=O)N2CCCC[C@H]2C(=O)N[C@H]1Cc1ccccc1. The fourth-order valence-electron chi connectivity index (χ4n) is 9.98. The first-order valence-electron chi connectivity index (χ1n) is 23.2. The van der Waals surface area contributed by atoms with Gasteiger partial charge in [0.15, 0.2) is 0 Å². The van der Waals surface area contributed by atoms with Crippen molar-refractivity contribution < 1.29 is 28.8 Å². The van der Waals surface area contributed by atoms with E-state index in [0.29, 0.717) is 38.5 Å². The molecule has 6 N–H and O–H groups in total. The van der Waals surface area contributed by atoms with Crippen molar-refractivity contribution in [2.45, 2.75) is 100 Å². The predicted octanol–water partition coefficient (Wildman–Crippen LogP) is 4.63. The van der Waals surface area contributed by atoms with Gasteiger partial charge in [-0.05, 0) is 72.9 Å². The van der Waals surface area contributed by atoms with Gasteiger partial charge >= 0.3 is 0 Å². The van der Waals surface area contributed by atoms with E-state index in [1.165, 1.54) is 9.80 Å². The Labute approximate surface area is 383 Å². The molecule has 0 unspecified atom stereocenters. The molecule has 0 saturated carbocycles. The van der Waals surface area contributed by atoms with Gasteiger partial charge in [-0.3, -0.25) is 28.8 Å². The van der Waals surface area contributed by atoms with Crippen LogP contribution in [0.5, 0.6) is 0 Å². The molecule has 0 bridgehead atoms. The Morgan fingerprint density at radius 2 is 0.788 bits per heavy atom. The standard InChI is InChI=1S/C52H56N8O6/c61-47-41(27-33-15-3-1-4-16-33)55-49(63)45-23-11-13-25-59(45)52(66)44(30-36-32-54-40-22-10-8-20-38(36)40)58-48(62)42(28-34-17-5-2-6-18-34)56-50(64)46-24-12-14-26-60(46)51(65)43(57-47)29-35-31-53-39-21-9-7-19-37(35)39/h1-10,15-22,31-32,41-46,53-54H,11-14,23-30H2,(H,55,63)(H,56,64)(H,57,61)(H,58,62)/t41-,42-,43-,44-,45-,46-/m0/s1. The molecule has 6 aromatic rings. The van der Waals surface area contributed by atoms with E-state index in [4.69, 9.17) is 0 Å². The number of hydrogen-bond acceptors (Lipinski definition) is 6. The zero-order valence-corrected chi connectivity index (χ0v) is 36.8. The van der Waals surface area contributed by atoms with Gasteiger partial charge in [0, 0.05) is 73.0 Å². The van der Waals surface area contributed by atoms with Gasteiger partial charge in [-0.1, -0.05) is 97.1 Å². The number of H-pyrrole nitrogens is 2. The molecule has 66 heavy (non-hydrogen) atoms. The topological polar surface area (TPSA) is 189 Å². The van der Waals surface area contributed by atoms with Crippen LogP contribution in [0.2, 0.25) is 0 Å². The highest BCUT2D eigenvalue weighted by atomic mass is 16.2. The van der Waals surface area contributed by atoms with Gasteiger partial charge in [-0.15, -0.1) is 0 Å². The quantitative estimate of drug-likeness (QED) is 0.129. The normalized spacial score (nSPS) is 23.8. The van der Waals surface area contributed by atoms with Crippen LogP contribution in [0.25, 0.3) is 21.8 Å². The summed E-state index contributed by atoms with van der Waals surface area (Å²) in [5.41, 5.74) is 4.91. The summed E-state index contributed by atoms with van der Waals surface area (Å²) in [4.78, 5) is 98.9. The maximum atomic E-state index is 15.1. The minimum Gasteiger partial charge on any atom is -0.361 e. The molecule has 4 aromatic carbocycles. The van der Waals surface area contributed by atoms with E-state index in [0.717, 1.165) is 44.1 Å². The number of fused-ring (bicyclic) bond motifs is 4. The summed E-state index contributed by atoms with van der Waals surface area (Å²) in [5.74, 6) is -3.00. The number of nitrogens with zero attached hydrogens (tertiary/aromatic N) is 2. The van der Waals surface area contributed by atoms with Crippen molar-refractivity contribution in [2.75, 3.05) is 13.1 Å². The van der Waals surface area contributed by atoms with Crippen molar-refractivity contribution in [3.63, 3.8) is 0 Å². The van der Waals surface area contributed by atoms with Gasteiger partial charge in [-0.2, -0.15) is 0 Å². The van der Waals surface area contributed by atoms with Crippen LogP contribution in [-0.2, 0) is 54.5 Å². The number of aromatic amines is 2. The first-order valence-corrected chi connectivity index (χ1v) is 23.2. The van der Waals surface area contributed by atoms with Crippen LogP contribution >= 0.6 is 0 Å². The van der Waals surface area contributed by atoms with Gasteiger partial charge in [0.25, 0.3) is 0 Å². The number of carbonyl (C=O) groups excluding carboxylic acids is 6. The second-order valence-electron chi connectivity index (χ2n) is 17.8. The second kappa shape index (κ2) is 19.9. The van der Waals surface area contributed by atoms with Crippen molar-refractivity contribution in [2.24, 2.45) is 0 Å². The maximum absolute atomic E-state index is 15.1. The molecule has 9 rings (SSSR count). The number of nitrogens with one attached hydrogen (secondary N) is 6. The average Bonchev–Trinajstić information content (AvgIpc) is 3.96. The fraction of sp³-hybridized carbons (Fsp3) is 0.346. The third-order valence-electron chi connectivity index (χ3n) is 13.4. The summed E-state index contributed by atoms with van der Waals surface area (Å²) >= 11 is 0. The summed E-state index contributed by atoms with van der Waals surface area (Å²) in [7, 11) is 0. The van der Waals surface area contributed by atoms with Gasteiger partial charge in [0.1, 0.15) is 36.3 Å². The monoisotopic (exact) mass is 888 g/mol. The summed E-state index contributed by atoms with van der Waals surface area (Å²) < 4.78 is 0. The van der Waals surface area contributed by atoms with Crippen molar-refractivity contribution in [1.29, 1.82) is 0 Å². The lowest BCUT2D eigenvalue weighted by Gasteiger charge is -2.39. The lowest BCUT2D eigenvalue weighted by atomic mass is 9.95. The third-order valence-corrected chi connectivity index (χ3v) is 13.4. The number of para-hydroxylation sites is 2. The summed E-state index contributed by atoms with van der Waals surface area (Å²) in [6, 6.07) is 27.7. The maximum Gasteiger partial charge on any atom is 0.246 e. The molecule has 3 fully saturated rings. The molecule has 3 aliphatic heterocycles. The first-order chi connectivity index (χ1) is 32.2. The number of hydrogen-bond donors (Lipinski definition) is 6. The lowest BCUT2D eigenvalue weighted by molar-refractivity contribution is -0.147. The fourth-order valence-corrected chi connectivity index (χ4v) is 9.98. The summed E-state index contributed by atoms with van der Waals surface area (Å²) in [6.07, 6.45) is 7.39. The molecule has 14 heteroatoms. The Bertz CT molecular complexity index is 2530. The van der Waals surface area contributed by atoms with Gasteiger partial charge in [-0.25, -0.2) is 0 Å². The van der Waals surface area contributed by atoms with Crippen LogP contribution in [0.1, 0.15) is 60.8 Å². The molecule has 0 radical (unpaired) electrons. The number of benzene rings is 4. The van der Waals surface area contributed by atoms with Crippen molar-refractivity contribution >= 4 is 57.2 Å². The summed E-state index contributed by atoms with van der Waals surface area (Å²) in [6.45, 7) is 0.519. The molecular formula is C52H56N8O6. The molecular weight excluding hydrogens is 833 g/mol. The van der Waals surface area contributed by atoms with Crippen molar-refractivity contribution in [3.8, 4) is 0 Å². The molecule has 2 aromatic heterocycles. The zero-order valence-electron chi connectivity index (χ0n) is 36.8. The largest absolute Gasteiger partial charge is 0.361 e.